The Kier molecular flexibility index (Phi) is 5.32. The lowest BCUT2D eigenvalue weighted by atomic mass is 10.3. The average Bonchev–Trinajstić information content (AvgIpc) is 2.03. The van der Waals surface area contributed by atoms with Crippen LogP contribution in [0, 0.1) is 0 Å². The molecule has 0 saturated heterocycles. The third-order valence-electron chi connectivity index (χ3n) is 1.35. The molecule has 0 aliphatic carbocycles. The zero-order valence-corrected chi connectivity index (χ0v) is 7.98. The van der Waals surface area contributed by atoms with Crippen LogP contribution in [0.4, 0.5) is 0 Å². The molecule has 0 atom stereocenters. The molecule has 0 saturated carbocycles. The van der Waals surface area contributed by atoms with Crippen LogP contribution in [-0.2, 0) is 4.79 Å². The van der Waals surface area contributed by atoms with Crippen molar-refractivity contribution in [3.8, 4) is 0 Å². The third-order valence-corrected chi connectivity index (χ3v) is 1.35. The summed E-state index contributed by atoms with van der Waals surface area (Å²) in [5.74, 6) is -0.0290. The first-order valence-corrected chi connectivity index (χ1v) is 3.87. The van der Waals surface area contributed by atoms with E-state index in [1.54, 1.807) is 25.9 Å². The molecular formula is C8H17N3O. The molecule has 4 nitrogen and oxygen atoms in total. The highest BCUT2D eigenvalue weighted by Crippen LogP contribution is 1.95. The molecule has 0 bridgehead atoms. The van der Waals surface area contributed by atoms with Gasteiger partial charge >= 0.3 is 0 Å². The van der Waals surface area contributed by atoms with Gasteiger partial charge in [-0.3, -0.25) is 4.79 Å². The molecule has 0 radical (unpaired) electrons. The summed E-state index contributed by atoms with van der Waals surface area (Å²) >= 11 is 0. The summed E-state index contributed by atoms with van der Waals surface area (Å²) in [6.45, 7) is 6.37. The van der Waals surface area contributed by atoms with Crippen molar-refractivity contribution in [1.82, 2.24) is 15.5 Å². The molecule has 0 aliphatic heterocycles. The van der Waals surface area contributed by atoms with Crippen molar-refractivity contribution in [3.05, 3.63) is 12.2 Å². The van der Waals surface area contributed by atoms with E-state index in [9.17, 15) is 4.79 Å². The Morgan fingerprint density at radius 2 is 1.75 bits per heavy atom. The summed E-state index contributed by atoms with van der Waals surface area (Å²) in [7, 11) is 3.60. The fourth-order valence-corrected chi connectivity index (χ4v) is 0.851. The van der Waals surface area contributed by atoms with E-state index in [-0.39, 0.29) is 5.91 Å². The van der Waals surface area contributed by atoms with Crippen LogP contribution in [0.2, 0.25) is 0 Å². The van der Waals surface area contributed by atoms with Crippen molar-refractivity contribution in [3.63, 3.8) is 0 Å². The summed E-state index contributed by atoms with van der Waals surface area (Å²) in [4.78, 5) is 13.0. The van der Waals surface area contributed by atoms with Crippen molar-refractivity contribution in [2.75, 3.05) is 27.4 Å². The maximum absolute atomic E-state index is 11.4. The Hall–Kier alpha value is -0.870. The van der Waals surface area contributed by atoms with Gasteiger partial charge in [0.15, 0.2) is 0 Å². The van der Waals surface area contributed by atoms with Gasteiger partial charge in [0, 0.05) is 5.57 Å². The number of nitrogens with zero attached hydrogens (tertiary/aromatic N) is 1. The van der Waals surface area contributed by atoms with E-state index in [0.717, 1.165) is 0 Å². The Morgan fingerprint density at radius 3 is 2.00 bits per heavy atom. The summed E-state index contributed by atoms with van der Waals surface area (Å²) in [6.07, 6.45) is 0. The molecule has 0 aromatic rings. The first-order valence-electron chi connectivity index (χ1n) is 3.87. The van der Waals surface area contributed by atoms with Crippen LogP contribution in [0.1, 0.15) is 6.92 Å². The van der Waals surface area contributed by atoms with Crippen LogP contribution in [0.3, 0.4) is 0 Å². The van der Waals surface area contributed by atoms with Crippen molar-refractivity contribution in [1.29, 1.82) is 0 Å². The van der Waals surface area contributed by atoms with Gasteiger partial charge in [-0.05, 0) is 21.0 Å². The number of nitrogens with one attached hydrogen (secondary N) is 2. The zero-order valence-electron chi connectivity index (χ0n) is 7.98. The highest BCUT2D eigenvalue weighted by Gasteiger charge is 2.10. The minimum atomic E-state index is -0.0290. The molecule has 0 aromatic heterocycles. The van der Waals surface area contributed by atoms with E-state index in [1.807, 2.05) is 0 Å². The van der Waals surface area contributed by atoms with Gasteiger partial charge < -0.3 is 15.5 Å². The SMILES string of the molecule is C=C(C)C(=O)N(CNC)CNC. The molecule has 4 heteroatoms. The average molecular weight is 171 g/mol. The van der Waals surface area contributed by atoms with Gasteiger partial charge in [-0.25, -0.2) is 0 Å². The summed E-state index contributed by atoms with van der Waals surface area (Å²) in [6, 6.07) is 0. The maximum Gasteiger partial charge on any atom is 0.250 e. The number of carbonyl (C=O) groups is 1. The van der Waals surface area contributed by atoms with Crippen molar-refractivity contribution in [2.24, 2.45) is 0 Å². The molecule has 70 valence electrons. The van der Waals surface area contributed by atoms with Crippen LogP contribution in [0.25, 0.3) is 0 Å². The monoisotopic (exact) mass is 171 g/mol. The Labute approximate surface area is 73.6 Å². The molecule has 0 heterocycles. The van der Waals surface area contributed by atoms with Gasteiger partial charge in [-0.1, -0.05) is 6.58 Å². The molecule has 0 aliphatic rings. The van der Waals surface area contributed by atoms with Gasteiger partial charge in [0.1, 0.15) is 0 Å². The third kappa shape index (κ3) is 3.50. The molecule has 1 amide bonds. The second kappa shape index (κ2) is 5.74. The van der Waals surface area contributed by atoms with Gasteiger partial charge in [-0.2, -0.15) is 0 Å². The van der Waals surface area contributed by atoms with Gasteiger partial charge in [0.05, 0.1) is 13.3 Å². The van der Waals surface area contributed by atoms with Crippen molar-refractivity contribution < 1.29 is 4.79 Å². The molecule has 0 unspecified atom stereocenters. The number of rotatable bonds is 5. The van der Waals surface area contributed by atoms with Crippen molar-refractivity contribution >= 4 is 5.91 Å². The predicted octanol–water partition coefficient (Wildman–Crippen LogP) is -0.255. The quantitative estimate of drug-likeness (QED) is 0.442. The second-order valence-corrected chi connectivity index (χ2v) is 2.65. The van der Waals surface area contributed by atoms with E-state index in [1.165, 1.54) is 0 Å². The number of carbonyl (C=O) groups excluding carboxylic acids is 1. The highest BCUT2D eigenvalue weighted by atomic mass is 16.2. The Morgan fingerprint density at radius 1 is 1.33 bits per heavy atom. The van der Waals surface area contributed by atoms with Crippen LogP contribution >= 0.6 is 0 Å². The Bertz CT molecular complexity index is 162. The molecule has 0 aromatic carbocycles. The Balaban J connectivity index is 4.08. The lowest BCUT2D eigenvalue weighted by molar-refractivity contribution is -0.127. The first-order chi connectivity index (χ1) is 5.63. The normalized spacial score (nSPS) is 9.58. The highest BCUT2D eigenvalue weighted by molar-refractivity contribution is 5.92. The molecule has 12 heavy (non-hydrogen) atoms. The van der Waals surface area contributed by atoms with Gasteiger partial charge in [0.25, 0.3) is 5.91 Å². The standard InChI is InChI=1S/C8H17N3O/c1-7(2)8(12)11(5-9-3)6-10-4/h9-10H,1,5-6H2,2-4H3. The van der Waals surface area contributed by atoms with E-state index in [2.05, 4.69) is 17.2 Å². The topological polar surface area (TPSA) is 44.4 Å². The second-order valence-electron chi connectivity index (χ2n) is 2.65. The summed E-state index contributed by atoms with van der Waals surface area (Å²) < 4.78 is 0. The van der Waals surface area contributed by atoms with Gasteiger partial charge in [-0.15, -0.1) is 0 Å². The molecule has 0 rings (SSSR count). The lowest BCUT2D eigenvalue weighted by Crippen LogP contribution is -2.42. The fourth-order valence-electron chi connectivity index (χ4n) is 0.851. The lowest BCUT2D eigenvalue weighted by Gasteiger charge is -2.21. The van der Waals surface area contributed by atoms with E-state index in [4.69, 9.17) is 0 Å². The first kappa shape index (κ1) is 11.1. The van der Waals surface area contributed by atoms with E-state index >= 15 is 0 Å². The van der Waals surface area contributed by atoms with Crippen LogP contribution in [-0.4, -0.2) is 38.2 Å². The molecule has 2 N–H and O–H groups in total. The van der Waals surface area contributed by atoms with Crippen LogP contribution in [0.15, 0.2) is 12.2 Å². The maximum atomic E-state index is 11.4. The summed E-state index contributed by atoms with van der Waals surface area (Å²) in [5.41, 5.74) is 0.556. The predicted molar refractivity (Wildman–Crippen MR) is 49.5 cm³/mol. The van der Waals surface area contributed by atoms with Crippen LogP contribution in [0.5, 0.6) is 0 Å². The summed E-state index contributed by atoms with van der Waals surface area (Å²) in [5, 5.41) is 5.82. The smallest absolute Gasteiger partial charge is 0.250 e. The van der Waals surface area contributed by atoms with Crippen LogP contribution < -0.4 is 10.6 Å². The largest absolute Gasteiger partial charge is 0.313 e. The zero-order chi connectivity index (χ0) is 9.56. The van der Waals surface area contributed by atoms with E-state index < -0.39 is 0 Å². The number of amides is 1. The molecule has 0 fully saturated rings. The minimum absolute atomic E-state index is 0.0290. The van der Waals surface area contributed by atoms with E-state index in [0.29, 0.717) is 18.9 Å². The van der Waals surface area contributed by atoms with Gasteiger partial charge in [0.2, 0.25) is 0 Å². The van der Waals surface area contributed by atoms with Crippen molar-refractivity contribution in [2.45, 2.75) is 6.92 Å². The minimum Gasteiger partial charge on any atom is -0.313 e. The fraction of sp³-hybridized carbons (Fsp3) is 0.625. The molecular weight excluding hydrogens is 154 g/mol. The number of hydrogen-bond acceptors (Lipinski definition) is 3. The number of hydrogen-bond donors (Lipinski definition) is 2. The molecule has 0 spiro atoms.